The van der Waals surface area contributed by atoms with Gasteiger partial charge in [-0.3, -0.25) is 0 Å². The first kappa shape index (κ1) is 24.4. The maximum absolute atomic E-state index is 6.63. The summed E-state index contributed by atoms with van der Waals surface area (Å²) < 4.78 is 13.3. The number of fused-ring (bicyclic) bond motifs is 8. The van der Waals surface area contributed by atoms with Gasteiger partial charge in [0.15, 0.2) is 0 Å². The lowest BCUT2D eigenvalue weighted by atomic mass is 9.90. The summed E-state index contributed by atoms with van der Waals surface area (Å²) >= 11 is 0. The first-order valence-electron chi connectivity index (χ1n) is 15.3. The Morgan fingerprint density at radius 1 is 0.422 bits per heavy atom. The molecule has 1 atom stereocenters. The molecule has 7 aromatic carbocycles. The largest absolute Gasteiger partial charge is 0.455 e. The summed E-state index contributed by atoms with van der Waals surface area (Å²) in [6, 6.07) is 49.0. The second-order valence-corrected chi connectivity index (χ2v) is 11.8. The van der Waals surface area contributed by atoms with Crippen molar-refractivity contribution in [3.05, 3.63) is 145 Å². The molecule has 0 spiro atoms. The minimum Gasteiger partial charge on any atom is -0.455 e. The average Bonchev–Trinajstić information content (AvgIpc) is 3.80. The number of benzene rings is 7. The lowest BCUT2D eigenvalue weighted by Gasteiger charge is -2.14. The Labute approximate surface area is 258 Å². The third-order valence-corrected chi connectivity index (χ3v) is 9.27. The molecule has 212 valence electrons. The Balaban J connectivity index is 1.20. The molecule has 0 saturated carbocycles. The van der Waals surface area contributed by atoms with Gasteiger partial charge >= 0.3 is 0 Å². The van der Waals surface area contributed by atoms with Crippen LogP contribution in [0.3, 0.4) is 0 Å². The minimum absolute atomic E-state index is 0.0473. The molecule has 4 nitrogen and oxygen atoms in total. The van der Waals surface area contributed by atoms with Crippen LogP contribution in [-0.2, 0) is 0 Å². The van der Waals surface area contributed by atoms with Gasteiger partial charge in [-0.15, -0.1) is 0 Å². The minimum atomic E-state index is 0.0473. The van der Waals surface area contributed by atoms with Gasteiger partial charge in [0, 0.05) is 21.5 Å². The van der Waals surface area contributed by atoms with E-state index in [1.165, 1.54) is 16.5 Å². The predicted octanol–water partition coefficient (Wildman–Crippen LogP) is 11.5. The molecule has 1 aliphatic heterocycles. The van der Waals surface area contributed by atoms with Crippen LogP contribution in [0.1, 0.15) is 11.7 Å². The Kier molecular flexibility index (Phi) is 5.02. The molecular formula is C41H26N2O2. The predicted molar refractivity (Wildman–Crippen MR) is 186 cm³/mol. The summed E-state index contributed by atoms with van der Waals surface area (Å²) in [6.07, 6.45) is 0.0473. The zero-order chi connectivity index (χ0) is 29.5. The van der Waals surface area contributed by atoms with Gasteiger partial charge < -0.3 is 19.5 Å². The first-order valence-corrected chi connectivity index (χ1v) is 15.3. The van der Waals surface area contributed by atoms with Gasteiger partial charge in [0.2, 0.25) is 0 Å². The molecule has 0 saturated heterocycles. The molecule has 4 heteroatoms. The van der Waals surface area contributed by atoms with Gasteiger partial charge in [-0.05, 0) is 63.4 Å². The Morgan fingerprint density at radius 3 is 1.67 bits per heavy atom. The molecule has 0 bridgehead atoms. The highest BCUT2D eigenvalue weighted by molar-refractivity contribution is 6.24. The van der Waals surface area contributed by atoms with Crippen molar-refractivity contribution in [3.8, 4) is 22.3 Å². The highest BCUT2D eigenvalue weighted by atomic mass is 16.3. The van der Waals surface area contributed by atoms with Crippen LogP contribution in [-0.4, -0.2) is 0 Å². The Hall–Kier alpha value is -6.00. The van der Waals surface area contributed by atoms with E-state index in [-0.39, 0.29) is 6.17 Å². The van der Waals surface area contributed by atoms with Crippen LogP contribution >= 0.6 is 0 Å². The first-order chi connectivity index (χ1) is 22.3. The van der Waals surface area contributed by atoms with Crippen LogP contribution in [0.5, 0.6) is 0 Å². The number of furan rings is 2. The van der Waals surface area contributed by atoms with Crippen molar-refractivity contribution < 1.29 is 8.83 Å². The van der Waals surface area contributed by atoms with E-state index in [0.29, 0.717) is 0 Å². The van der Waals surface area contributed by atoms with Gasteiger partial charge in [0.05, 0.1) is 16.9 Å². The molecule has 3 heterocycles. The standard InChI is InChI=1S/C41H26N2O2/c1-2-10-24(11-3-1)41-42-34-21-18-25(22-35(34)43-41)26-19-20-31(28-13-5-4-12-27(26)28)38-39-32(29-14-6-8-16-36(29)44-39)23-33-30-15-7-9-17-37(30)45-40(33)38/h1-23,41-43H. The number of rotatable bonds is 3. The van der Waals surface area contributed by atoms with Gasteiger partial charge in [-0.2, -0.15) is 0 Å². The van der Waals surface area contributed by atoms with Crippen molar-refractivity contribution in [3.63, 3.8) is 0 Å². The van der Waals surface area contributed by atoms with Crippen molar-refractivity contribution in [1.29, 1.82) is 0 Å². The van der Waals surface area contributed by atoms with Crippen molar-refractivity contribution in [2.24, 2.45) is 0 Å². The molecule has 0 amide bonds. The fourth-order valence-corrected chi connectivity index (χ4v) is 7.17. The van der Waals surface area contributed by atoms with Crippen molar-refractivity contribution in [1.82, 2.24) is 0 Å². The summed E-state index contributed by atoms with van der Waals surface area (Å²) in [5.74, 6) is 0. The molecule has 1 aliphatic rings. The fourth-order valence-electron chi connectivity index (χ4n) is 7.17. The van der Waals surface area contributed by atoms with E-state index >= 15 is 0 Å². The normalized spacial score (nSPS) is 14.4. The highest BCUT2D eigenvalue weighted by Crippen LogP contribution is 2.47. The molecule has 0 aliphatic carbocycles. The molecule has 9 aromatic rings. The molecule has 10 rings (SSSR count). The summed E-state index contributed by atoms with van der Waals surface area (Å²) in [6.45, 7) is 0. The quantitative estimate of drug-likeness (QED) is 0.219. The molecule has 2 N–H and O–H groups in total. The second kappa shape index (κ2) is 9.25. The van der Waals surface area contributed by atoms with Crippen LogP contribution in [0.15, 0.2) is 148 Å². The second-order valence-electron chi connectivity index (χ2n) is 11.8. The third-order valence-electron chi connectivity index (χ3n) is 9.27. The van der Waals surface area contributed by atoms with E-state index in [1.807, 2.05) is 30.3 Å². The molecule has 2 aromatic heterocycles. The van der Waals surface area contributed by atoms with Crippen LogP contribution in [0, 0.1) is 0 Å². The maximum Gasteiger partial charge on any atom is 0.147 e. The van der Waals surface area contributed by atoms with Crippen molar-refractivity contribution in [2.45, 2.75) is 6.17 Å². The van der Waals surface area contributed by atoms with Crippen molar-refractivity contribution >= 4 is 66.0 Å². The highest BCUT2D eigenvalue weighted by Gasteiger charge is 2.24. The smallest absolute Gasteiger partial charge is 0.147 e. The van der Waals surface area contributed by atoms with Crippen LogP contribution in [0.25, 0.3) is 76.9 Å². The average molecular weight is 579 g/mol. The number of hydrogen-bond acceptors (Lipinski definition) is 4. The van der Waals surface area contributed by atoms with E-state index in [0.717, 1.165) is 77.3 Å². The van der Waals surface area contributed by atoms with Crippen LogP contribution < -0.4 is 10.6 Å². The zero-order valence-electron chi connectivity index (χ0n) is 24.2. The third kappa shape index (κ3) is 3.60. The lowest BCUT2D eigenvalue weighted by Crippen LogP contribution is -2.11. The van der Waals surface area contributed by atoms with Gasteiger partial charge in [0.1, 0.15) is 28.5 Å². The number of nitrogens with one attached hydrogen (secondary N) is 2. The molecule has 1 unspecified atom stereocenters. The fraction of sp³-hybridized carbons (Fsp3) is 0.0244. The molecular weight excluding hydrogens is 552 g/mol. The summed E-state index contributed by atoms with van der Waals surface area (Å²) in [5, 5.41) is 14.0. The van der Waals surface area contributed by atoms with Gasteiger partial charge in [-0.1, -0.05) is 109 Å². The van der Waals surface area contributed by atoms with Crippen LogP contribution in [0.4, 0.5) is 11.4 Å². The molecule has 45 heavy (non-hydrogen) atoms. The van der Waals surface area contributed by atoms with Crippen LogP contribution in [0.2, 0.25) is 0 Å². The summed E-state index contributed by atoms with van der Waals surface area (Å²) in [5.41, 5.74) is 11.3. The lowest BCUT2D eigenvalue weighted by molar-refractivity contribution is 0.658. The SMILES string of the molecule is c1ccc(C2Nc3ccc(-c4ccc(-c5c6oc7ccccc7c6cc6c5oc5ccccc56)c5ccccc45)cc3N2)cc1. The van der Waals surface area contributed by atoms with Gasteiger partial charge in [0.25, 0.3) is 0 Å². The summed E-state index contributed by atoms with van der Waals surface area (Å²) in [7, 11) is 0. The topological polar surface area (TPSA) is 50.3 Å². The maximum atomic E-state index is 6.63. The van der Waals surface area contributed by atoms with Crippen molar-refractivity contribution in [2.75, 3.05) is 10.6 Å². The van der Waals surface area contributed by atoms with E-state index in [4.69, 9.17) is 8.83 Å². The van der Waals surface area contributed by atoms with E-state index in [9.17, 15) is 0 Å². The molecule has 0 fully saturated rings. The number of para-hydroxylation sites is 2. The molecule has 0 radical (unpaired) electrons. The van der Waals surface area contributed by atoms with E-state index < -0.39 is 0 Å². The Morgan fingerprint density at radius 2 is 0.978 bits per heavy atom. The van der Waals surface area contributed by atoms with E-state index in [2.05, 4.69) is 120 Å². The monoisotopic (exact) mass is 578 g/mol. The zero-order valence-corrected chi connectivity index (χ0v) is 24.2. The number of anilines is 2. The Bertz CT molecular complexity index is 2520. The number of hydrogen-bond donors (Lipinski definition) is 2. The van der Waals surface area contributed by atoms with E-state index in [1.54, 1.807) is 0 Å². The summed E-state index contributed by atoms with van der Waals surface area (Å²) in [4.78, 5) is 0. The van der Waals surface area contributed by atoms with Gasteiger partial charge in [-0.25, -0.2) is 0 Å².